The van der Waals surface area contributed by atoms with Gasteiger partial charge in [0.1, 0.15) is 0 Å². The van der Waals surface area contributed by atoms with Crippen LogP contribution in [0, 0.1) is 0 Å². The number of carbonyl (C=O) groups is 1. The van der Waals surface area contributed by atoms with E-state index in [2.05, 4.69) is 10.1 Å². The highest BCUT2D eigenvalue weighted by atomic mass is 79.9. The highest BCUT2D eigenvalue weighted by molar-refractivity contribution is 7.09. The molecule has 0 unspecified atom stereocenters. The van der Waals surface area contributed by atoms with Gasteiger partial charge in [-0.3, -0.25) is 4.79 Å². The molecule has 2 aromatic rings. The lowest BCUT2D eigenvalue weighted by atomic mass is 10.1. The topological polar surface area (TPSA) is 20.9 Å². The molecule has 0 fully saturated rings. The highest BCUT2D eigenvalue weighted by Gasteiger charge is 2.23. The fraction of sp³-hybridized carbons (Fsp3) is 0.375. The third-order valence-corrected chi connectivity index (χ3v) is 4.80. The number of aromatic nitrogens is 1. The Kier molecular flexibility index (Phi) is 5.49. The lowest BCUT2D eigenvalue weighted by Gasteiger charge is -1.99. The van der Waals surface area contributed by atoms with Crippen LogP contribution in [-0.2, 0) is 19.4 Å². The fourth-order valence-corrected chi connectivity index (χ4v) is 3.74. The van der Waals surface area contributed by atoms with Crippen molar-refractivity contribution >= 4 is 17.1 Å². The Bertz CT molecular complexity index is 579. The normalized spacial score (nSPS) is 14.0. The minimum absolute atomic E-state index is 0. The van der Waals surface area contributed by atoms with Crippen molar-refractivity contribution in [1.29, 1.82) is 0 Å². The predicted molar refractivity (Wildman–Crippen MR) is 76.5 cm³/mol. The van der Waals surface area contributed by atoms with E-state index in [4.69, 9.17) is 0 Å². The first-order valence-corrected chi connectivity index (χ1v) is 7.79. The monoisotopic (exact) mass is 351 g/mol. The van der Waals surface area contributed by atoms with Crippen molar-refractivity contribution < 1.29 is 26.3 Å². The molecule has 1 aliphatic rings. The van der Waals surface area contributed by atoms with E-state index in [0.29, 0.717) is 6.54 Å². The molecule has 3 rings (SSSR count). The third kappa shape index (κ3) is 3.36. The Hall–Kier alpha value is -1.00. The summed E-state index contributed by atoms with van der Waals surface area (Å²) in [5, 5.41) is 0. The maximum absolute atomic E-state index is 12.3. The Balaban J connectivity index is 0.00000147. The molecule has 20 heavy (non-hydrogen) atoms. The zero-order chi connectivity index (χ0) is 13.1. The van der Waals surface area contributed by atoms with Gasteiger partial charge in [-0.2, -0.15) is 4.57 Å². The van der Waals surface area contributed by atoms with Crippen molar-refractivity contribution in [2.75, 3.05) is 0 Å². The molecule has 1 aliphatic carbocycles. The van der Waals surface area contributed by atoms with Gasteiger partial charge in [-0.25, -0.2) is 0 Å². The lowest BCUT2D eigenvalue weighted by Crippen LogP contribution is -3.00. The van der Waals surface area contributed by atoms with Crippen LogP contribution in [0.4, 0.5) is 0 Å². The Morgan fingerprint density at radius 1 is 1.10 bits per heavy atom. The summed E-state index contributed by atoms with van der Waals surface area (Å²) in [6.45, 7) is 0.482. The average molecular weight is 352 g/mol. The van der Waals surface area contributed by atoms with Crippen molar-refractivity contribution in [2.45, 2.75) is 38.6 Å². The van der Waals surface area contributed by atoms with Crippen molar-refractivity contribution in [3.8, 4) is 0 Å². The number of aryl methyl sites for hydroxylation is 1. The molecule has 4 heteroatoms. The molecule has 1 aromatic heterocycles. The summed E-state index contributed by atoms with van der Waals surface area (Å²) in [5.41, 5.74) is 4.33. The summed E-state index contributed by atoms with van der Waals surface area (Å²) in [6, 6.07) is 9.58. The van der Waals surface area contributed by atoms with Gasteiger partial charge in [0.15, 0.2) is 5.69 Å². The summed E-state index contributed by atoms with van der Waals surface area (Å²) in [6.07, 6.45) is 6.17. The van der Waals surface area contributed by atoms with E-state index in [0.717, 1.165) is 12.0 Å². The number of nitrogens with zero attached hydrogens (tertiary/aromatic N) is 1. The van der Waals surface area contributed by atoms with E-state index in [-0.39, 0.29) is 22.8 Å². The molecule has 0 spiro atoms. The number of halogens is 1. The molecule has 0 saturated heterocycles. The van der Waals surface area contributed by atoms with E-state index in [1.165, 1.54) is 36.3 Å². The second-order valence-corrected chi connectivity index (χ2v) is 6.01. The van der Waals surface area contributed by atoms with Crippen LogP contribution in [0.1, 0.15) is 40.2 Å². The van der Waals surface area contributed by atoms with Gasteiger partial charge >= 0.3 is 0 Å². The molecule has 0 saturated carbocycles. The molecular weight excluding hydrogens is 334 g/mol. The number of Topliss-reactive ketones (excluding diaryl/α,β-unsaturated/α-hetero) is 1. The van der Waals surface area contributed by atoms with E-state index < -0.39 is 0 Å². The van der Waals surface area contributed by atoms with Crippen LogP contribution < -0.4 is 21.5 Å². The molecular formula is C16H18BrNOS. The number of rotatable bonds is 3. The van der Waals surface area contributed by atoms with Crippen LogP contribution in [-0.4, -0.2) is 5.78 Å². The molecule has 0 radical (unpaired) electrons. The maximum Gasteiger partial charge on any atom is 0.227 e. The number of thiazole rings is 1. The van der Waals surface area contributed by atoms with Gasteiger partial charge < -0.3 is 17.0 Å². The minimum Gasteiger partial charge on any atom is -1.00 e. The maximum atomic E-state index is 12.3. The van der Waals surface area contributed by atoms with E-state index in [1.54, 1.807) is 0 Å². The van der Waals surface area contributed by atoms with Crippen molar-refractivity contribution in [3.63, 3.8) is 0 Å². The Labute approximate surface area is 134 Å². The SMILES string of the molecule is O=C(C[n+]1csc2c1CCCCC2)c1ccccc1.[Br-]. The second kappa shape index (κ2) is 7.14. The molecule has 0 atom stereocenters. The standard InChI is InChI=1S/C16H18NOS.BrH/c18-15(13-7-3-1-4-8-13)11-17-12-19-16-10-6-2-5-9-14(16)17;/h1,3-4,7-8,12H,2,5-6,9-11H2;1H/q+1;/p-1. The van der Waals surface area contributed by atoms with Crippen molar-refractivity contribution in [2.24, 2.45) is 0 Å². The summed E-state index contributed by atoms with van der Waals surface area (Å²) in [4.78, 5) is 13.8. The molecule has 0 amide bonds. The van der Waals surface area contributed by atoms with Gasteiger partial charge in [0, 0.05) is 12.0 Å². The van der Waals surface area contributed by atoms with Crippen molar-refractivity contribution in [3.05, 3.63) is 52.0 Å². The van der Waals surface area contributed by atoms with E-state index in [9.17, 15) is 4.79 Å². The van der Waals surface area contributed by atoms with Gasteiger partial charge in [0.25, 0.3) is 0 Å². The fourth-order valence-electron chi connectivity index (χ4n) is 2.66. The van der Waals surface area contributed by atoms with Crippen LogP contribution in [0.3, 0.4) is 0 Å². The predicted octanol–water partition coefficient (Wildman–Crippen LogP) is 0.191. The number of carbonyl (C=O) groups excluding carboxylic acids is 1. The van der Waals surface area contributed by atoms with Gasteiger partial charge in [-0.05, 0) is 19.3 Å². The highest BCUT2D eigenvalue weighted by Crippen LogP contribution is 2.21. The molecule has 0 bridgehead atoms. The van der Waals surface area contributed by atoms with Gasteiger partial charge in [0.05, 0.1) is 4.88 Å². The van der Waals surface area contributed by atoms with Crippen LogP contribution in [0.2, 0.25) is 0 Å². The van der Waals surface area contributed by atoms with E-state index in [1.807, 2.05) is 41.7 Å². The number of hydrogen-bond donors (Lipinski definition) is 0. The van der Waals surface area contributed by atoms with E-state index >= 15 is 0 Å². The smallest absolute Gasteiger partial charge is 0.227 e. The summed E-state index contributed by atoms with van der Waals surface area (Å²) >= 11 is 1.81. The first-order valence-electron chi connectivity index (χ1n) is 6.91. The minimum atomic E-state index is 0. The number of benzene rings is 1. The third-order valence-electron chi connectivity index (χ3n) is 3.72. The van der Waals surface area contributed by atoms with Gasteiger partial charge in [0.2, 0.25) is 17.8 Å². The van der Waals surface area contributed by atoms with Crippen molar-refractivity contribution in [1.82, 2.24) is 0 Å². The molecule has 0 aliphatic heterocycles. The molecule has 1 heterocycles. The van der Waals surface area contributed by atoms with Crippen LogP contribution in [0.15, 0.2) is 35.8 Å². The lowest BCUT2D eigenvalue weighted by molar-refractivity contribution is -0.686. The van der Waals surface area contributed by atoms with Gasteiger partial charge in [-0.15, -0.1) is 0 Å². The zero-order valence-electron chi connectivity index (χ0n) is 11.3. The van der Waals surface area contributed by atoms with Crippen LogP contribution >= 0.6 is 11.3 Å². The summed E-state index contributed by atoms with van der Waals surface area (Å²) in [7, 11) is 0. The number of ketones is 1. The first kappa shape index (κ1) is 15.4. The first-order chi connectivity index (χ1) is 9.34. The molecule has 1 aromatic carbocycles. The Morgan fingerprint density at radius 3 is 2.65 bits per heavy atom. The summed E-state index contributed by atoms with van der Waals surface area (Å²) in [5.74, 6) is 0.204. The zero-order valence-corrected chi connectivity index (χ0v) is 13.8. The van der Waals surface area contributed by atoms with Crippen LogP contribution in [0.5, 0.6) is 0 Å². The summed E-state index contributed by atoms with van der Waals surface area (Å²) < 4.78 is 2.17. The number of fused-ring (bicyclic) bond motifs is 1. The average Bonchev–Trinajstić information content (AvgIpc) is 2.68. The Morgan fingerprint density at radius 2 is 1.85 bits per heavy atom. The quantitative estimate of drug-likeness (QED) is 0.439. The van der Waals surface area contributed by atoms with Crippen LogP contribution in [0.25, 0.3) is 0 Å². The molecule has 2 nitrogen and oxygen atoms in total. The second-order valence-electron chi connectivity index (χ2n) is 5.07. The van der Waals surface area contributed by atoms with Gasteiger partial charge in [-0.1, -0.05) is 48.1 Å². The largest absolute Gasteiger partial charge is 1.00 e. The number of hydrogen-bond acceptors (Lipinski definition) is 2. The molecule has 106 valence electrons. The molecule has 0 N–H and O–H groups in total.